The van der Waals surface area contributed by atoms with Crippen molar-refractivity contribution < 1.29 is 4.39 Å². The Bertz CT molecular complexity index is 629. The minimum Gasteiger partial charge on any atom is -0.396 e. The minimum absolute atomic E-state index is 0.321. The number of nitriles is 1. The van der Waals surface area contributed by atoms with Crippen molar-refractivity contribution in [2.45, 2.75) is 6.92 Å². The molecule has 0 saturated heterocycles. The summed E-state index contributed by atoms with van der Waals surface area (Å²) < 4.78 is 13.2. The van der Waals surface area contributed by atoms with Crippen LogP contribution in [0, 0.1) is 24.1 Å². The summed E-state index contributed by atoms with van der Waals surface area (Å²) in [5.74, 6) is -0.321. The quantitative estimate of drug-likeness (QED) is 0.793. The molecule has 18 heavy (non-hydrogen) atoms. The molecule has 0 unspecified atom stereocenters. The molecule has 3 nitrogen and oxygen atoms in total. The second-order valence-electron chi connectivity index (χ2n) is 3.96. The number of rotatable bonds is 2. The van der Waals surface area contributed by atoms with Crippen molar-refractivity contribution in [2.75, 3.05) is 11.1 Å². The van der Waals surface area contributed by atoms with Crippen LogP contribution in [0.4, 0.5) is 21.5 Å². The van der Waals surface area contributed by atoms with Crippen molar-refractivity contribution in [1.82, 2.24) is 0 Å². The number of nitrogens with zero attached hydrogens (tertiary/aromatic N) is 1. The highest BCUT2D eigenvalue weighted by Gasteiger charge is 2.06. The molecule has 2 aromatic rings. The lowest BCUT2D eigenvalue weighted by Gasteiger charge is -2.12. The van der Waals surface area contributed by atoms with Gasteiger partial charge in [0.1, 0.15) is 11.9 Å². The van der Waals surface area contributed by atoms with Gasteiger partial charge in [-0.05, 0) is 36.8 Å². The van der Waals surface area contributed by atoms with Gasteiger partial charge in [-0.25, -0.2) is 4.39 Å². The molecule has 0 radical (unpaired) electrons. The average Bonchev–Trinajstić information content (AvgIpc) is 2.36. The van der Waals surface area contributed by atoms with E-state index in [2.05, 4.69) is 5.32 Å². The Morgan fingerprint density at radius 3 is 2.72 bits per heavy atom. The second-order valence-corrected chi connectivity index (χ2v) is 3.96. The van der Waals surface area contributed by atoms with Gasteiger partial charge >= 0.3 is 0 Å². The van der Waals surface area contributed by atoms with Gasteiger partial charge in [0.15, 0.2) is 0 Å². The third-order valence-electron chi connectivity index (χ3n) is 2.70. The van der Waals surface area contributed by atoms with Crippen LogP contribution >= 0.6 is 0 Å². The number of nitrogens with two attached hydrogens (primary N) is 1. The monoisotopic (exact) mass is 241 g/mol. The Morgan fingerprint density at radius 1 is 1.22 bits per heavy atom. The Balaban J connectivity index is 2.41. The molecule has 0 spiro atoms. The molecule has 0 aliphatic heterocycles. The summed E-state index contributed by atoms with van der Waals surface area (Å²) in [6.07, 6.45) is 0. The molecule has 0 heterocycles. The Hall–Kier alpha value is -2.54. The van der Waals surface area contributed by atoms with Gasteiger partial charge in [-0.1, -0.05) is 12.1 Å². The first-order valence-electron chi connectivity index (χ1n) is 5.43. The predicted octanol–water partition coefficient (Wildman–Crippen LogP) is 3.33. The number of anilines is 3. The maximum atomic E-state index is 13.2. The number of halogens is 1. The zero-order chi connectivity index (χ0) is 13.1. The Morgan fingerprint density at radius 2 is 2.00 bits per heavy atom. The SMILES string of the molecule is Cc1ccc(F)cc1Nc1cccc(C#N)c1N. The number of para-hydroxylation sites is 1. The van der Waals surface area contributed by atoms with Gasteiger partial charge in [-0.2, -0.15) is 5.26 Å². The van der Waals surface area contributed by atoms with Gasteiger partial charge in [-0.3, -0.25) is 0 Å². The zero-order valence-corrected chi connectivity index (χ0v) is 9.87. The van der Waals surface area contributed by atoms with Gasteiger partial charge in [-0.15, -0.1) is 0 Å². The normalized spacial score (nSPS) is 9.83. The van der Waals surface area contributed by atoms with E-state index in [1.807, 2.05) is 13.0 Å². The van der Waals surface area contributed by atoms with Gasteiger partial charge in [0.05, 0.1) is 16.9 Å². The lowest BCUT2D eigenvalue weighted by atomic mass is 10.1. The van der Waals surface area contributed by atoms with Crippen molar-refractivity contribution in [2.24, 2.45) is 0 Å². The zero-order valence-electron chi connectivity index (χ0n) is 9.87. The maximum absolute atomic E-state index is 13.2. The van der Waals surface area contributed by atoms with E-state index in [9.17, 15) is 4.39 Å². The van der Waals surface area contributed by atoms with Crippen LogP contribution in [0.1, 0.15) is 11.1 Å². The molecule has 0 fully saturated rings. The van der Waals surface area contributed by atoms with Crippen molar-refractivity contribution in [3.8, 4) is 6.07 Å². The lowest BCUT2D eigenvalue weighted by molar-refractivity contribution is 0.628. The number of hydrogen-bond acceptors (Lipinski definition) is 3. The fourth-order valence-corrected chi connectivity index (χ4v) is 1.65. The van der Waals surface area contributed by atoms with E-state index >= 15 is 0 Å². The van der Waals surface area contributed by atoms with Crippen LogP contribution in [0.15, 0.2) is 36.4 Å². The predicted molar refractivity (Wildman–Crippen MR) is 70.0 cm³/mol. The fourth-order valence-electron chi connectivity index (χ4n) is 1.65. The summed E-state index contributed by atoms with van der Waals surface area (Å²) >= 11 is 0. The number of aryl methyl sites for hydroxylation is 1. The molecule has 0 saturated carbocycles. The van der Waals surface area contributed by atoms with E-state index < -0.39 is 0 Å². The van der Waals surface area contributed by atoms with Crippen LogP contribution in [0.2, 0.25) is 0 Å². The molecule has 3 N–H and O–H groups in total. The van der Waals surface area contributed by atoms with Crippen molar-refractivity contribution in [3.05, 3.63) is 53.3 Å². The topological polar surface area (TPSA) is 61.8 Å². The number of nitrogens with one attached hydrogen (secondary N) is 1. The minimum atomic E-state index is -0.321. The summed E-state index contributed by atoms with van der Waals surface area (Å²) in [5, 5.41) is 11.9. The van der Waals surface area contributed by atoms with Gasteiger partial charge < -0.3 is 11.1 Å². The van der Waals surface area contributed by atoms with Gasteiger partial charge in [0.25, 0.3) is 0 Å². The van der Waals surface area contributed by atoms with Crippen LogP contribution < -0.4 is 11.1 Å². The Labute approximate surface area is 105 Å². The van der Waals surface area contributed by atoms with Crippen molar-refractivity contribution >= 4 is 17.1 Å². The van der Waals surface area contributed by atoms with Gasteiger partial charge in [0.2, 0.25) is 0 Å². The summed E-state index contributed by atoms with van der Waals surface area (Å²) in [7, 11) is 0. The number of hydrogen-bond donors (Lipinski definition) is 2. The van der Waals surface area contributed by atoms with Crippen molar-refractivity contribution in [1.29, 1.82) is 5.26 Å². The van der Waals surface area contributed by atoms with Crippen LogP contribution in [0.25, 0.3) is 0 Å². The average molecular weight is 241 g/mol. The van der Waals surface area contributed by atoms with Crippen molar-refractivity contribution in [3.63, 3.8) is 0 Å². The third kappa shape index (κ3) is 2.25. The first-order chi connectivity index (χ1) is 8.61. The van der Waals surface area contributed by atoms with Crippen LogP contribution in [0.3, 0.4) is 0 Å². The molecular weight excluding hydrogens is 229 g/mol. The molecule has 90 valence electrons. The smallest absolute Gasteiger partial charge is 0.125 e. The molecular formula is C14H12FN3. The highest BCUT2D eigenvalue weighted by molar-refractivity contribution is 5.78. The first-order valence-corrected chi connectivity index (χ1v) is 5.43. The summed E-state index contributed by atoms with van der Waals surface area (Å²) in [6, 6.07) is 11.6. The first kappa shape index (κ1) is 11.9. The molecule has 0 amide bonds. The molecule has 0 atom stereocenters. The van der Waals surface area contributed by atoms with E-state index in [-0.39, 0.29) is 5.82 Å². The maximum Gasteiger partial charge on any atom is 0.125 e. The standard InChI is InChI=1S/C14H12FN3/c1-9-5-6-11(15)7-13(9)18-12-4-2-3-10(8-16)14(12)17/h2-7,18H,17H2,1H3. The van der Waals surface area contributed by atoms with Gasteiger partial charge in [0, 0.05) is 5.69 Å². The van der Waals surface area contributed by atoms with E-state index in [1.165, 1.54) is 12.1 Å². The molecule has 0 aliphatic rings. The summed E-state index contributed by atoms with van der Waals surface area (Å²) in [4.78, 5) is 0. The number of benzene rings is 2. The fraction of sp³-hybridized carbons (Fsp3) is 0.0714. The highest BCUT2D eigenvalue weighted by atomic mass is 19.1. The molecule has 0 aliphatic carbocycles. The summed E-state index contributed by atoms with van der Waals surface area (Å²) in [6.45, 7) is 1.87. The summed E-state index contributed by atoms with van der Waals surface area (Å²) in [5.41, 5.74) is 8.75. The molecule has 0 bridgehead atoms. The molecule has 4 heteroatoms. The molecule has 0 aromatic heterocycles. The largest absolute Gasteiger partial charge is 0.396 e. The van der Waals surface area contributed by atoms with Crippen LogP contribution in [-0.4, -0.2) is 0 Å². The molecule has 2 aromatic carbocycles. The van der Waals surface area contributed by atoms with E-state index in [1.54, 1.807) is 24.3 Å². The molecule has 2 rings (SSSR count). The lowest BCUT2D eigenvalue weighted by Crippen LogP contribution is -2.00. The van der Waals surface area contributed by atoms with E-state index in [4.69, 9.17) is 11.0 Å². The second kappa shape index (κ2) is 4.76. The van der Waals surface area contributed by atoms with E-state index in [0.717, 1.165) is 5.56 Å². The number of nitrogen functional groups attached to an aromatic ring is 1. The third-order valence-corrected chi connectivity index (χ3v) is 2.70. The Kier molecular flexibility index (Phi) is 3.16. The van der Waals surface area contributed by atoms with E-state index in [0.29, 0.717) is 22.6 Å². The highest BCUT2D eigenvalue weighted by Crippen LogP contribution is 2.27. The van der Waals surface area contributed by atoms with Crippen LogP contribution in [0.5, 0.6) is 0 Å². The van der Waals surface area contributed by atoms with Crippen LogP contribution in [-0.2, 0) is 0 Å².